The normalized spacial score (nSPS) is 12.2. The number of nitrogens with one attached hydrogen (secondary N) is 2. The Hall–Kier alpha value is -0.940. The van der Waals surface area contributed by atoms with Gasteiger partial charge in [0.15, 0.2) is 5.78 Å². The third-order valence-electron chi connectivity index (χ3n) is 1.35. The van der Waals surface area contributed by atoms with E-state index in [4.69, 9.17) is 5.11 Å². The number of aliphatic hydroxyl groups excluding tert-OH is 1. The number of rotatable bonds is 5. The first-order valence-corrected chi connectivity index (χ1v) is 3.67. The van der Waals surface area contributed by atoms with E-state index in [1.807, 2.05) is 0 Å². The first kappa shape index (κ1) is 11.1. The molecule has 0 bridgehead atoms. The number of ketones is 1. The average molecular weight is 174 g/mol. The summed E-state index contributed by atoms with van der Waals surface area (Å²) in [6.45, 7) is 1.11. The molecule has 70 valence electrons. The van der Waals surface area contributed by atoms with E-state index in [2.05, 4.69) is 10.6 Å². The van der Waals surface area contributed by atoms with E-state index in [-0.39, 0.29) is 24.8 Å². The maximum absolute atomic E-state index is 10.9. The van der Waals surface area contributed by atoms with Crippen LogP contribution in [0.15, 0.2) is 0 Å². The molecule has 0 heterocycles. The van der Waals surface area contributed by atoms with Crippen molar-refractivity contribution in [2.24, 2.45) is 0 Å². The number of hydrogen-bond donors (Lipinski definition) is 3. The van der Waals surface area contributed by atoms with Crippen molar-refractivity contribution in [1.29, 1.82) is 0 Å². The van der Waals surface area contributed by atoms with Crippen molar-refractivity contribution in [3.05, 3.63) is 0 Å². The summed E-state index contributed by atoms with van der Waals surface area (Å²) in [6.07, 6.45) is 0. The molecule has 0 aliphatic rings. The predicted octanol–water partition coefficient (Wildman–Crippen LogP) is -1.73. The van der Waals surface area contributed by atoms with Gasteiger partial charge < -0.3 is 15.7 Å². The first-order chi connectivity index (χ1) is 5.61. The van der Waals surface area contributed by atoms with Gasteiger partial charge in [-0.2, -0.15) is 0 Å². The Bertz CT molecular complexity index is 170. The summed E-state index contributed by atoms with van der Waals surface area (Å²) in [5.74, 6) is -0.547. The molecule has 12 heavy (non-hydrogen) atoms. The standard InChI is InChI=1S/C7H14N2O3/c1-5(11)6(4-10)9-7(12)3-8-2/h6,8,10H,3-4H2,1-2H3,(H,9,12)/t6-/m0/s1. The van der Waals surface area contributed by atoms with Crippen molar-refractivity contribution in [1.82, 2.24) is 10.6 Å². The van der Waals surface area contributed by atoms with Crippen LogP contribution in [0, 0.1) is 0 Å². The van der Waals surface area contributed by atoms with Crippen LogP contribution in [0.25, 0.3) is 0 Å². The number of amides is 1. The molecule has 0 rings (SSSR count). The second kappa shape index (κ2) is 5.68. The Kier molecular flexibility index (Phi) is 5.23. The third-order valence-corrected chi connectivity index (χ3v) is 1.35. The Morgan fingerprint density at radius 3 is 2.42 bits per heavy atom. The highest BCUT2D eigenvalue weighted by Crippen LogP contribution is 1.83. The number of aliphatic hydroxyl groups is 1. The van der Waals surface area contributed by atoms with Crippen LogP contribution in [0.1, 0.15) is 6.92 Å². The summed E-state index contributed by atoms with van der Waals surface area (Å²) >= 11 is 0. The molecule has 1 atom stereocenters. The summed E-state index contributed by atoms with van der Waals surface area (Å²) in [7, 11) is 1.63. The van der Waals surface area contributed by atoms with Gasteiger partial charge in [0.05, 0.1) is 13.2 Å². The van der Waals surface area contributed by atoms with Crippen molar-refractivity contribution in [2.45, 2.75) is 13.0 Å². The lowest BCUT2D eigenvalue weighted by Crippen LogP contribution is -2.45. The molecular weight excluding hydrogens is 160 g/mol. The fourth-order valence-electron chi connectivity index (χ4n) is 0.682. The minimum absolute atomic E-state index is 0.143. The van der Waals surface area contributed by atoms with E-state index in [0.29, 0.717) is 0 Å². The van der Waals surface area contributed by atoms with Gasteiger partial charge in [-0.15, -0.1) is 0 Å². The fourth-order valence-corrected chi connectivity index (χ4v) is 0.682. The van der Waals surface area contributed by atoms with Crippen molar-refractivity contribution < 1.29 is 14.7 Å². The smallest absolute Gasteiger partial charge is 0.234 e. The van der Waals surface area contributed by atoms with Gasteiger partial charge in [0.1, 0.15) is 6.04 Å². The largest absolute Gasteiger partial charge is 0.394 e. The van der Waals surface area contributed by atoms with Gasteiger partial charge in [-0.05, 0) is 14.0 Å². The summed E-state index contributed by atoms with van der Waals surface area (Å²) < 4.78 is 0. The topological polar surface area (TPSA) is 78.4 Å². The number of likely N-dealkylation sites (N-methyl/N-ethyl adjacent to an activating group) is 1. The summed E-state index contributed by atoms with van der Waals surface area (Å²) in [5.41, 5.74) is 0. The van der Waals surface area contributed by atoms with Crippen LogP contribution < -0.4 is 10.6 Å². The van der Waals surface area contributed by atoms with E-state index in [9.17, 15) is 9.59 Å². The van der Waals surface area contributed by atoms with E-state index in [0.717, 1.165) is 0 Å². The van der Waals surface area contributed by atoms with E-state index in [1.165, 1.54) is 6.92 Å². The van der Waals surface area contributed by atoms with Crippen LogP contribution in [-0.2, 0) is 9.59 Å². The highest BCUT2D eigenvalue weighted by molar-refractivity contribution is 5.88. The molecule has 0 fully saturated rings. The quantitative estimate of drug-likeness (QED) is 0.463. The van der Waals surface area contributed by atoms with Gasteiger partial charge in [-0.1, -0.05) is 0 Å². The van der Waals surface area contributed by atoms with E-state index < -0.39 is 6.04 Å². The summed E-state index contributed by atoms with van der Waals surface area (Å²) in [4.78, 5) is 21.6. The molecule has 0 unspecified atom stereocenters. The van der Waals surface area contributed by atoms with Gasteiger partial charge in [-0.3, -0.25) is 9.59 Å². The van der Waals surface area contributed by atoms with E-state index >= 15 is 0 Å². The molecule has 0 aliphatic carbocycles. The molecule has 0 saturated carbocycles. The van der Waals surface area contributed by atoms with Gasteiger partial charge in [0.25, 0.3) is 0 Å². The van der Waals surface area contributed by atoms with Gasteiger partial charge in [-0.25, -0.2) is 0 Å². The van der Waals surface area contributed by atoms with Gasteiger partial charge in [0.2, 0.25) is 5.91 Å². The lowest BCUT2D eigenvalue weighted by atomic mass is 10.2. The highest BCUT2D eigenvalue weighted by atomic mass is 16.3. The Balaban J connectivity index is 3.85. The first-order valence-electron chi connectivity index (χ1n) is 3.67. The van der Waals surface area contributed by atoms with Crippen molar-refractivity contribution in [3.8, 4) is 0 Å². The molecule has 5 heteroatoms. The molecular formula is C7H14N2O3. The predicted molar refractivity (Wildman–Crippen MR) is 43.6 cm³/mol. The van der Waals surface area contributed by atoms with Crippen LogP contribution >= 0.6 is 0 Å². The zero-order valence-electron chi connectivity index (χ0n) is 7.26. The van der Waals surface area contributed by atoms with Crippen LogP contribution in [0.5, 0.6) is 0 Å². The Morgan fingerprint density at radius 1 is 1.50 bits per heavy atom. The molecule has 0 saturated heterocycles. The van der Waals surface area contributed by atoms with Crippen molar-refractivity contribution in [3.63, 3.8) is 0 Å². The lowest BCUT2D eigenvalue weighted by Gasteiger charge is -2.12. The number of carbonyl (C=O) groups is 2. The second-order valence-electron chi connectivity index (χ2n) is 2.44. The molecule has 0 radical (unpaired) electrons. The zero-order valence-corrected chi connectivity index (χ0v) is 7.26. The third kappa shape index (κ3) is 4.05. The van der Waals surface area contributed by atoms with Crippen molar-refractivity contribution >= 4 is 11.7 Å². The molecule has 1 amide bonds. The molecule has 0 spiro atoms. The SMILES string of the molecule is CNCC(=O)N[C@@H](CO)C(C)=O. The monoisotopic (exact) mass is 174 g/mol. The lowest BCUT2D eigenvalue weighted by molar-refractivity contribution is -0.127. The van der Waals surface area contributed by atoms with Crippen LogP contribution in [0.2, 0.25) is 0 Å². The van der Waals surface area contributed by atoms with Crippen LogP contribution in [0.3, 0.4) is 0 Å². The van der Waals surface area contributed by atoms with Crippen LogP contribution in [0.4, 0.5) is 0 Å². The minimum atomic E-state index is -0.772. The van der Waals surface area contributed by atoms with Crippen LogP contribution in [-0.4, -0.2) is 43.0 Å². The second-order valence-corrected chi connectivity index (χ2v) is 2.44. The summed E-state index contributed by atoms with van der Waals surface area (Å²) in [6, 6.07) is -0.772. The number of carbonyl (C=O) groups excluding carboxylic acids is 2. The zero-order chi connectivity index (χ0) is 9.56. The average Bonchev–Trinajstić information content (AvgIpc) is 2.00. The molecule has 0 aromatic heterocycles. The van der Waals surface area contributed by atoms with E-state index in [1.54, 1.807) is 7.05 Å². The molecule has 0 aromatic rings. The van der Waals surface area contributed by atoms with Crippen molar-refractivity contribution in [2.75, 3.05) is 20.2 Å². The highest BCUT2D eigenvalue weighted by Gasteiger charge is 2.14. The fraction of sp³-hybridized carbons (Fsp3) is 0.714. The number of hydrogen-bond acceptors (Lipinski definition) is 4. The Morgan fingerprint density at radius 2 is 2.08 bits per heavy atom. The number of Topliss-reactive ketones (excluding diaryl/α,β-unsaturated/α-hetero) is 1. The maximum Gasteiger partial charge on any atom is 0.234 e. The molecule has 5 nitrogen and oxygen atoms in total. The minimum Gasteiger partial charge on any atom is -0.394 e. The maximum atomic E-state index is 10.9. The Labute approximate surface area is 71.1 Å². The van der Waals surface area contributed by atoms with Gasteiger partial charge in [0, 0.05) is 0 Å². The molecule has 3 N–H and O–H groups in total. The molecule has 0 aromatic carbocycles. The summed E-state index contributed by atoms with van der Waals surface area (Å²) in [5, 5.41) is 13.7. The molecule has 0 aliphatic heterocycles. The van der Waals surface area contributed by atoms with Gasteiger partial charge >= 0.3 is 0 Å².